The highest BCUT2D eigenvalue weighted by Crippen LogP contribution is 2.33. The topological polar surface area (TPSA) is 53.1 Å². The molecule has 1 aromatic heterocycles. The molecule has 0 radical (unpaired) electrons. The van der Waals surface area contributed by atoms with Gasteiger partial charge in [-0.15, -0.1) is 0 Å². The van der Waals surface area contributed by atoms with Gasteiger partial charge >= 0.3 is 0 Å². The Morgan fingerprint density at radius 3 is 2.76 bits per heavy atom. The van der Waals surface area contributed by atoms with Gasteiger partial charge in [0, 0.05) is 30.7 Å². The quantitative estimate of drug-likeness (QED) is 0.886. The lowest BCUT2D eigenvalue weighted by molar-refractivity contribution is 0.318. The maximum absolute atomic E-state index is 6.24. The van der Waals surface area contributed by atoms with Gasteiger partial charge in [0.1, 0.15) is 5.75 Å². The highest BCUT2D eigenvalue weighted by atomic mass is 35.5. The van der Waals surface area contributed by atoms with Gasteiger partial charge < -0.3 is 10.5 Å². The van der Waals surface area contributed by atoms with E-state index in [0.29, 0.717) is 28.8 Å². The van der Waals surface area contributed by atoms with Crippen molar-refractivity contribution >= 4 is 23.2 Å². The van der Waals surface area contributed by atoms with Crippen LogP contribution in [0.5, 0.6) is 5.75 Å². The summed E-state index contributed by atoms with van der Waals surface area (Å²) in [4.78, 5) is 0. The Morgan fingerprint density at radius 2 is 2.14 bits per heavy atom. The van der Waals surface area contributed by atoms with Gasteiger partial charge in [0.15, 0.2) is 0 Å². The monoisotopic (exact) mass is 327 g/mol. The first-order valence-corrected chi connectivity index (χ1v) is 7.55. The highest BCUT2D eigenvalue weighted by Gasteiger charge is 2.12. The Labute approximate surface area is 134 Å². The maximum atomic E-state index is 6.24. The van der Waals surface area contributed by atoms with Crippen molar-refractivity contribution < 1.29 is 4.74 Å². The number of benzene rings is 1. The van der Waals surface area contributed by atoms with Crippen LogP contribution in [0.1, 0.15) is 18.1 Å². The van der Waals surface area contributed by atoms with Crippen molar-refractivity contribution in [2.45, 2.75) is 25.8 Å². The predicted molar refractivity (Wildman–Crippen MR) is 86.2 cm³/mol. The van der Waals surface area contributed by atoms with E-state index < -0.39 is 0 Å². The van der Waals surface area contributed by atoms with E-state index in [1.165, 1.54) is 0 Å². The minimum Gasteiger partial charge on any atom is -0.491 e. The lowest BCUT2D eigenvalue weighted by atomic mass is 10.1. The summed E-state index contributed by atoms with van der Waals surface area (Å²) < 4.78 is 7.62. The van der Waals surface area contributed by atoms with E-state index in [0.717, 1.165) is 17.5 Å². The normalized spacial score (nSPS) is 12.4. The van der Waals surface area contributed by atoms with E-state index in [2.05, 4.69) is 5.10 Å². The number of aromatic nitrogens is 2. The molecule has 0 spiro atoms. The van der Waals surface area contributed by atoms with Crippen LogP contribution in [0.15, 0.2) is 24.5 Å². The average Bonchev–Trinajstić information content (AvgIpc) is 2.77. The smallest absolute Gasteiger partial charge is 0.141 e. The number of hydrogen-bond acceptors (Lipinski definition) is 3. The second kappa shape index (κ2) is 7.16. The molecular weight excluding hydrogens is 309 g/mol. The van der Waals surface area contributed by atoms with Gasteiger partial charge in [0.2, 0.25) is 0 Å². The molecule has 114 valence electrons. The molecule has 0 amide bonds. The van der Waals surface area contributed by atoms with Crippen LogP contribution in [0.25, 0.3) is 0 Å². The highest BCUT2D eigenvalue weighted by molar-refractivity contribution is 6.35. The molecule has 21 heavy (non-hydrogen) atoms. The lowest BCUT2D eigenvalue weighted by Crippen LogP contribution is -2.18. The molecule has 0 aliphatic rings. The van der Waals surface area contributed by atoms with Crippen molar-refractivity contribution in [2.75, 3.05) is 6.61 Å². The molecule has 0 fully saturated rings. The van der Waals surface area contributed by atoms with Gasteiger partial charge in [-0.05, 0) is 36.6 Å². The molecule has 6 heteroatoms. The zero-order valence-electron chi connectivity index (χ0n) is 12.1. The number of ether oxygens (including phenoxy) is 1. The van der Waals surface area contributed by atoms with Crippen molar-refractivity contribution in [2.24, 2.45) is 12.8 Å². The molecule has 1 heterocycles. The van der Waals surface area contributed by atoms with E-state index in [1.807, 2.05) is 32.4 Å². The summed E-state index contributed by atoms with van der Waals surface area (Å²) in [5, 5.41) is 5.24. The Bertz CT molecular complexity index is 611. The summed E-state index contributed by atoms with van der Waals surface area (Å²) >= 11 is 12.3. The Balaban J connectivity index is 2.07. The molecule has 2 aromatic rings. The Kier molecular flexibility index (Phi) is 5.51. The first kappa shape index (κ1) is 16.1. The van der Waals surface area contributed by atoms with Crippen molar-refractivity contribution in [1.29, 1.82) is 0 Å². The number of halogens is 2. The zero-order chi connectivity index (χ0) is 15.4. The SMILES string of the molecule is CC(N)Cc1cc(Cl)cc(Cl)c1OCCc1cnn(C)c1. The number of nitrogens with two attached hydrogens (primary N) is 1. The largest absolute Gasteiger partial charge is 0.491 e. The molecule has 0 aliphatic heterocycles. The molecule has 1 atom stereocenters. The summed E-state index contributed by atoms with van der Waals surface area (Å²) in [7, 11) is 1.89. The van der Waals surface area contributed by atoms with Crippen LogP contribution in [0, 0.1) is 0 Å². The van der Waals surface area contributed by atoms with E-state index in [-0.39, 0.29) is 6.04 Å². The van der Waals surface area contributed by atoms with Crippen LogP contribution in [0.2, 0.25) is 10.0 Å². The lowest BCUT2D eigenvalue weighted by Gasteiger charge is -2.15. The number of nitrogens with zero attached hydrogens (tertiary/aromatic N) is 2. The van der Waals surface area contributed by atoms with Crippen LogP contribution in [-0.2, 0) is 19.9 Å². The van der Waals surface area contributed by atoms with Gasteiger partial charge in [0.25, 0.3) is 0 Å². The second-order valence-corrected chi connectivity index (χ2v) is 6.02. The van der Waals surface area contributed by atoms with E-state index in [1.54, 1.807) is 10.7 Å². The molecule has 0 bridgehead atoms. The molecule has 0 saturated carbocycles. The first-order chi connectivity index (χ1) is 9.95. The van der Waals surface area contributed by atoms with Crippen molar-refractivity contribution in [3.63, 3.8) is 0 Å². The van der Waals surface area contributed by atoms with Crippen molar-refractivity contribution in [3.05, 3.63) is 45.7 Å². The van der Waals surface area contributed by atoms with E-state index in [9.17, 15) is 0 Å². The number of hydrogen-bond donors (Lipinski definition) is 1. The molecule has 2 rings (SSSR count). The van der Waals surface area contributed by atoms with Crippen molar-refractivity contribution in [3.8, 4) is 5.75 Å². The summed E-state index contributed by atoms with van der Waals surface area (Å²) in [6.45, 7) is 2.47. The summed E-state index contributed by atoms with van der Waals surface area (Å²) in [6.07, 6.45) is 5.23. The Morgan fingerprint density at radius 1 is 1.38 bits per heavy atom. The molecule has 0 saturated heterocycles. The third kappa shape index (κ3) is 4.63. The number of aryl methyl sites for hydroxylation is 1. The predicted octanol–water partition coefficient (Wildman–Crippen LogP) is 3.24. The maximum Gasteiger partial charge on any atom is 0.141 e. The molecule has 4 nitrogen and oxygen atoms in total. The third-order valence-corrected chi connectivity index (χ3v) is 3.52. The molecular formula is C15H19Cl2N3O. The zero-order valence-corrected chi connectivity index (χ0v) is 13.7. The summed E-state index contributed by atoms with van der Waals surface area (Å²) in [5.41, 5.74) is 7.92. The van der Waals surface area contributed by atoms with Crippen LogP contribution in [-0.4, -0.2) is 22.4 Å². The second-order valence-electron chi connectivity index (χ2n) is 5.18. The molecule has 1 aromatic carbocycles. The fraction of sp³-hybridized carbons (Fsp3) is 0.400. The van der Waals surface area contributed by atoms with Crippen LogP contribution in [0.3, 0.4) is 0 Å². The molecule has 1 unspecified atom stereocenters. The minimum absolute atomic E-state index is 0.0141. The van der Waals surface area contributed by atoms with Gasteiger partial charge in [-0.2, -0.15) is 5.10 Å². The Hall–Kier alpha value is -1.23. The fourth-order valence-corrected chi connectivity index (χ4v) is 2.74. The third-order valence-electron chi connectivity index (χ3n) is 3.02. The van der Waals surface area contributed by atoms with E-state index in [4.69, 9.17) is 33.7 Å². The van der Waals surface area contributed by atoms with Gasteiger partial charge in [-0.1, -0.05) is 23.2 Å². The van der Waals surface area contributed by atoms with Crippen LogP contribution in [0.4, 0.5) is 0 Å². The van der Waals surface area contributed by atoms with Crippen LogP contribution >= 0.6 is 23.2 Å². The summed E-state index contributed by atoms with van der Waals surface area (Å²) in [6, 6.07) is 3.56. The van der Waals surface area contributed by atoms with Crippen molar-refractivity contribution in [1.82, 2.24) is 9.78 Å². The molecule has 2 N–H and O–H groups in total. The van der Waals surface area contributed by atoms with E-state index >= 15 is 0 Å². The summed E-state index contributed by atoms with van der Waals surface area (Å²) in [5.74, 6) is 0.669. The molecule has 0 aliphatic carbocycles. The standard InChI is InChI=1S/C15H19Cl2N3O/c1-10(18)5-12-6-13(16)7-14(17)15(12)21-4-3-11-8-19-20(2)9-11/h6-10H,3-5,18H2,1-2H3. The van der Waals surface area contributed by atoms with Gasteiger partial charge in [-0.3, -0.25) is 4.68 Å². The number of rotatable bonds is 6. The average molecular weight is 328 g/mol. The van der Waals surface area contributed by atoms with Gasteiger partial charge in [-0.25, -0.2) is 0 Å². The minimum atomic E-state index is 0.0141. The fourth-order valence-electron chi connectivity index (χ4n) is 2.15. The first-order valence-electron chi connectivity index (χ1n) is 6.79. The van der Waals surface area contributed by atoms with Gasteiger partial charge in [0.05, 0.1) is 17.8 Å². The van der Waals surface area contributed by atoms with Crippen LogP contribution < -0.4 is 10.5 Å².